The molecule has 0 amide bonds. The first kappa shape index (κ1) is 10.2. The van der Waals surface area contributed by atoms with Gasteiger partial charge in [0.2, 0.25) is 0 Å². The summed E-state index contributed by atoms with van der Waals surface area (Å²) in [5.41, 5.74) is 2.87. The number of hydrogen-bond acceptors (Lipinski definition) is 3. The van der Waals surface area contributed by atoms with Crippen LogP contribution in [0.4, 0.5) is 0 Å². The minimum Gasteiger partial charge on any atom is -0.298 e. The minimum absolute atomic E-state index is 0.718. The van der Waals surface area contributed by atoms with Gasteiger partial charge in [-0.3, -0.25) is 4.79 Å². The van der Waals surface area contributed by atoms with Crippen molar-refractivity contribution in [3.8, 4) is 11.1 Å². The molecule has 2 heterocycles. The number of pyridine rings is 1. The van der Waals surface area contributed by atoms with E-state index in [2.05, 4.69) is 4.98 Å². The SMILES string of the molecule is O=Cc1csc2ncc(-c3ccccc3)cc12. The normalized spacial score (nSPS) is 10.6. The van der Waals surface area contributed by atoms with Crippen LogP contribution in [0.5, 0.6) is 0 Å². The summed E-state index contributed by atoms with van der Waals surface area (Å²) >= 11 is 1.50. The first-order valence-electron chi connectivity index (χ1n) is 5.26. The third kappa shape index (κ3) is 1.74. The second-order valence-electron chi connectivity index (χ2n) is 3.75. The van der Waals surface area contributed by atoms with Crippen molar-refractivity contribution in [2.24, 2.45) is 0 Å². The van der Waals surface area contributed by atoms with Crippen molar-refractivity contribution >= 4 is 27.8 Å². The van der Waals surface area contributed by atoms with Crippen LogP contribution < -0.4 is 0 Å². The molecule has 3 rings (SSSR count). The number of carbonyl (C=O) groups is 1. The van der Waals surface area contributed by atoms with Gasteiger partial charge in [0.05, 0.1) is 0 Å². The van der Waals surface area contributed by atoms with Crippen molar-refractivity contribution in [3.63, 3.8) is 0 Å². The quantitative estimate of drug-likeness (QED) is 0.637. The molecule has 3 aromatic rings. The highest BCUT2D eigenvalue weighted by Gasteiger charge is 2.06. The van der Waals surface area contributed by atoms with Gasteiger partial charge in [-0.05, 0) is 11.6 Å². The van der Waals surface area contributed by atoms with Crippen LogP contribution in [0.25, 0.3) is 21.3 Å². The van der Waals surface area contributed by atoms with E-state index in [1.807, 2.05) is 48.0 Å². The number of aromatic nitrogens is 1. The molecule has 0 aliphatic heterocycles. The lowest BCUT2D eigenvalue weighted by atomic mass is 10.1. The Morgan fingerprint density at radius 3 is 2.71 bits per heavy atom. The Labute approximate surface area is 103 Å². The number of aldehydes is 1. The maximum atomic E-state index is 10.9. The third-order valence-corrected chi connectivity index (χ3v) is 3.61. The van der Waals surface area contributed by atoms with E-state index in [0.717, 1.165) is 33.2 Å². The third-order valence-electron chi connectivity index (χ3n) is 2.69. The summed E-state index contributed by atoms with van der Waals surface area (Å²) in [6.07, 6.45) is 2.73. The van der Waals surface area contributed by atoms with Gasteiger partial charge in [0.1, 0.15) is 4.83 Å². The largest absolute Gasteiger partial charge is 0.298 e. The smallest absolute Gasteiger partial charge is 0.151 e. The van der Waals surface area contributed by atoms with Crippen LogP contribution in [-0.4, -0.2) is 11.3 Å². The van der Waals surface area contributed by atoms with Gasteiger partial charge in [0.15, 0.2) is 6.29 Å². The van der Waals surface area contributed by atoms with E-state index in [1.165, 1.54) is 11.3 Å². The van der Waals surface area contributed by atoms with E-state index >= 15 is 0 Å². The highest BCUT2D eigenvalue weighted by molar-refractivity contribution is 7.17. The fraction of sp³-hybridized carbons (Fsp3) is 0. The summed E-state index contributed by atoms with van der Waals surface area (Å²) in [5, 5.41) is 2.78. The lowest BCUT2D eigenvalue weighted by Gasteiger charge is -2.00. The van der Waals surface area contributed by atoms with E-state index in [-0.39, 0.29) is 0 Å². The first-order valence-corrected chi connectivity index (χ1v) is 6.14. The second-order valence-corrected chi connectivity index (χ2v) is 4.61. The summed E-state index contributed by atoms with van der Waals surface area (Å²) in [4.78, 5) is 16.2. The van der Waals surface area contributed by atoms with Crippen LogP contribution in [0.1, 0.15) is 10.4 Å². The first-order chi connectivity index (χ1) is 8.38. The zero-order chi connectivity index (χ0) is 11.7. The predicted octanol–water partition coefficient (Wildman–Crippen LogP) is 3.78. The van der Waals surface area contributed by atoms with Crippen molar-refractivity contribution < 1.29 is 4.79 Å². The van der Waals surface area contributed by atoms with Crippen LogP contribution in [0.3, 0.4) is 0 Å². The molecule has 0 unspecified atom stereocenters. The average Bonchev–Trinajstić information content (AvgIpc) is 2.81. The molecule has 0 spiro atoms. The molecule has 0 fully saturated rings. The fourth-order valence-electron chi connectivity index (χ4n) is 1.82. The standard InChI is InChI=1S/C14H9NOS/c16-8-12-9-17-14-13(12)6-11(7-15-14)10-4-2-1-3-5-10/h1-9H. The van der Waals surface area contributed by atoms with Gasteiger partial charge in [-0.1, -0.05) is 30.3 Å². The van der Waals surface area contributed by atoms with Crippen molar-refractivity contribution in [1.82, 2.24) is 4.98 Å². The van der Waals surface area contributed by atoms with Gasteiger partial charge < -0.3 is 0 Å². The molecule has 0 aliphatic rings. The molecule has 0 radical (unpaired) electrons. The summed E-state index contributed by atoms with van der Waals surface area (Å²) in [5.74, 6) is 0. The molecule has 82 valence electrons. The molecule has 2 aromatic heterocycles. The Kier molecular flexibility index (Phi) is 2.46. The molecule has 0 N–H and O–H groups in total. The van der Waals surface area contributed by atoms with E-state index < -0.39 is 0 Å². The van der Waals surface area contributed by atoms with Crippen molar-refractivity contribution in [1.29, 1.82) is 0 Å². The second kappa shape index (κ2) is 4.11. The Balaban J connectivity index is 2.22. The average molecular weight is 239 g/mol. The number of benzene rings is 1. The van der Waals surface area contributed by atoms with Gasteiger partial charge >= 0.3 is 0 Å². The van der Waals surface area contributed by atoms with E-state index in [9.17, 15) is 4.79 Å². The van der Waals surface area contributed by atoms with E-state index in [1.54, 1.807) is 0 Å². The van der Waals surface area contributed by atoms with Crippen LogP contribution in [0.2, 0.25) is 0 Å². The van der Waals surface area contributed by atoms with E-state index in [4.69, 9.17) is 0 Å². The van der Waals surface area contributed by atoms with Crippen molar-refractivity contribution in [3.05, 3.63) is 53.5 Å². The molecule has 0 saturated carbocycles. The zero-order valence-electron chi connectivity index (χ0n) is 8.96. The highest BCUT2D eigenvalue weighted by Crippen LogP contribution is 2.27. The van der Waals surface area contributed by atoms with Gasteiger partial charge in [0.25, 0.3) is 0 Å². The molecular weight excluding hydrogens is 230 g/mol. The van der Waals surface area contributed by atoms with Crippen LogP contribution >= 0.6 is 11.3 Å². The van der Waals surface area contributed by atoms with Crippen molar-refractivity contribution in [2.45, 2.75) is 0 Å². The lowest BCUT2D eigenvalue weighted by Crippen LogP contribution is -1.82. The highest BCUT2D eigenvalue weighted by atomic mass is 32.1. The number of hydrogen-bond donors (Lipinski definition) is 0. The molecule has 17 heavy (non-hydrogen) atoms. The number of thiophene rings is 1. The van der Waals surface area contributed by atoms with Crippen LogP contribution in [0, 0.1) is 0 Å². The predicted molar refractivity (Wildman–Crippen MR) is 70.4 cm³/mol. The number of nitrogens with zero attached hydrogens (tertiary/aromatic N) is 1. The summed E-state index contributed by atoms with van der Waals surface area (Å²) < 4.78 is 0. The number of rotatable bonds is 2. The van der Waals surface area contributed by atoms with Gasteiger partial charge in [-0.25, -0.2) is 4.98 Å². The Bertz CT molecular complexity index is 673. The minimum atomic E-state index is 0.718. The Hall–Kier alpha value is -2.00. The van der Waals surface area contributed by atoms with Crippen LogP contribution in [0.15, 0.2) is 48.0 Å². The monoisotopic (exact) mass is 239 g/mol. The maximum Gasteiger partial charge on any atom is 0.151 e. The summed E-state index contributed by atoms with van der Waals surface area (Å²) in [7, 11) is 0. The van der Waals surface area contributed by atoms with Gasteiger partial charge in [-0.2, -0.15) is 0 Å². The molecule has 0 bridgehead atoms. The molecule has 0 saturated heterocycles. The molecule has 2 nitrogen and oxygen atoms in total. The Morgan fingerprint density at radius 1 is 1.12 bits per heavy atom. The summed E-state index contributed by atoms with van der Waals surface area (Å²) in [6.45, 7) is 0. The van der Waals surface area contributed by atoms with Crippen molar-refractivity contribution in [2.75, 3.05) is 0 Å². The van der Waals surface area contributed by atoms with Gasteiger partial charge in [0, 0.05) is 28.1 Å². The topological polar surface area (TPSA) is 30.0 Å². The molecule has 0 aliphatic carbocycles. The number of fused-ring (bicyclic) bond motifs is 1. The maximum absolute atomic E-state index is 10.9. The zero-order valence-corrected chi connectivity index (χ0v) is 9.78. The molecule has 0 atom stereocenters. The molecule has 3 heteroatoms. The Morgan fingerprint density at radius 2 is 1.94 bits per heavy atom. The number of carbonyl (C=O) groups excluding carboxylic acids is 1. The molecule has 1 aromatic carbocycles. The molecular formula is C14H9NOS. The van der Waals surface area contributed by atoms with Gasteiger partial charge in [-0.15, -0.1) is 11.3 Å². The van der Waals surface area contributed by atoms with Crippen LogP contribution in [-0.2, 0) is 0 Å². The lowest BCUT2D eigenvalue weighted by molar-refractivity contribution is 0.112. The summed E-state index contributed by atoms with van der Waals surface area (Å²) in [6, 6.07) is 12.1. The van der Waals surface area contributed by atoms with E-state index in [0.29, 0.717) is 0 Å². The fourth-order valence-corrected chi connectivity index (χ4v) is 2.65.